The van der Waals surface area contributed by atoms with Gasteiger partial charge in [0.05, 0.1) is 26.6 Å². The fourth-order valence-electron chi connectivity index (χ4n) is 5.21. The van der Waals surface area contributed by atoms with Crippen LogP contribution in [-0.4, -0.2) is 74.2 Å². The summed E-state index contributed by atoms with van der Waals surface area (Å²) < 4.78 is 10.6. The molecule has 0 saturated carbocycles. The number of nitrogens with one attached hydrogen (secondary N) is 2. The van der Waals surface area contributed by atoms with E-state index in [0.717, 1.165) is 44.3 Å². The normalized spacial score (nSPS) is 18.9. The topological polar surface area (TPSA) is 117 Å². The number of carboxylic acid groups (broad SMARTS) is 1. The summed E-state index contributed by atoms with van der Waals surface area (Å²) in [4.78, 5) is 39.2. The Hall–Kier alpha value is -2.52. The lowest BCUT2D eigenvalue weighted by molar-refractivity contribution is -0.138. The van der Waals surface area contributed by atoms with Crippen molar-refractivity contribution in [2.45, 2.75) is 63.8 Å². The van der Waals surface area contributed by atoms with Crippen LogP contribution < -0.4 is 20.1 Å². The molecule has 0 spiro atoms. The predicted molar refractivity (Wildman–Crippen MR) is 143 cm³/mol. The van der Waals surface area contributed by atoms with Crippen LogP contribution in [0.1, 0.15) is 56.9 Å². The Morgan fingerprint density at radius 1 is 1.14 bits per heavy atom. The standard InChI is InChI=1S/C27H41N3O6.ClH/c1-35-23-9-6-20(16-24(23)36-2)5-8-22(17-26(32)33)29-27(34)21-4-3-15-30(18-21)25(31)10-7-19-11-13-28-14-12-19;/h6,9,16,19,21-22,28H,3-5,7-8,10-15,17-18H2,1-2H3,(H,29,34)(H,32,33);1H/t21-,22-;/m1./s1. The van der Waals surface area contributed by atoms with Gasteiger partial charge in [0, 0.05) is 25.6 Å². The molecule has 208 valence electrons. The molecule has 3 N–H and O–H groups in total. The van der Waals surface area contributed by atoms with Crippen molar-refractivity contribution >= 4 is 30.2 Å². The van der Waals surface area contributed by atoms with E-state index in [4.69, 9.17) is 9.47 Å². The third-order valence-corrected chi connectivity index (χ3v) is 7.37. The highest BCUT2D eigenvalue weighted by Crippen LogP contribution is 2.28. The molecule has 2 amide bonds. The number of aryl methyl sites for hydroxylation is 1. The number of hydrogen-bond donors (Lipinski definition) is 3. The van der Waals surface area contributed by atoms with Gasteiger partial charge in [-0.1, -0.05) is 6.07 Å². The molecule has 0 aliphatic carbocycles. The number of halogens is 1. The molecule has 37 heavy (non-hydrogen) atoms. The number of rotatable bonds is 12. The first-order valence-corrected chi connectivity index (χ1v) is 13.1. The van der Waals surface area contributed by atoms with Crippen LogP contribution in [0, 0.1) is 11.8 Å². The van der Waals surface area contributed by atoms with Crippen LogP contribution in [0.25, 0.3) is 0 Å². The van der Waals surface area contributed by atoms with E-state index in [1.54, 1.807) is 14.2 Å². The molecule has 1 aromatic rings. The number of piperidine rings is 2. The van der Waals surface area contributed by atoms with Gasteiger partial charge in [0.15, 0.2) is 11.5 Å². The molecule has 3 rings (SSSR count). The number of hydrogen-bond acceptors (Lipinski definition) is 6. The lowest BCUT2D eigenvalue weighted by Gasteiger charge is -2.33. The van der Waals surface area contributed by atoms with Crippen molar-refractivity contribution in [1.29, 1.82) is 0 Å². The molecule has 0 bridgehead atoms. The van der Waals surface area contributed by atoms with Crippen molar-refractivity contribution in [2.75, 3.05) is 40.4 Å². The van der Waals surface area contributed by atoms with Gasteiger partial charge in [0.25, 0.3) is 0 Å². The zero-order valence-corrected chi connectivity index (χ0v) is 22.8. The number of benzene rings is 1. The number of methoxy groups -OCH3 is 2. The molecule has 1 aromatic carbocycles. The number of likely N-dealkylation sites (tertiary alicyclic amines) is 1. The van der Waals surface area contributed by atoms with Gasteiger partial charge >= 0.3 is 5.97 Å². The quantitative estimate of drug-likeness (QED) is 0.374. The van der Waals surface area contributed by atoms with Crippen molar-refractivity contribution < 1.29 is 29.0 Å². The van der Waals surface area contributed by atoms with Gasteiger partial charge in [-0.25, -0.2) is 0 Å². The van der Waals surface area contributed by atoms with E-state index in [1.165, 1.54) is 0 Å². The Morgan fingerprint density at radius 3 is 2.54 bits per heavy atom. The maximum atomic E-state index is 13.1. The van der Waals surface area contributed by atoms with Gasteiger partial charge < -0.3 is 30.1 Å². The largest absolute Gasteiger partial charge is 0.493 e. The fraction of sp³-hybridized carbons (Fsp3) is 0.667. The van der Waals surface area contributed by atoms with Crippen molar-refractivity contribution in [3.8, 4) is 11.5 Å². The monoisotopic (exact) mass is 539 g/mol. The maximum Gasteiger partial charge on any atom is 0.305 e. The molecule has 2 aliphatic rings. The Labute approximate surface area is 226 Å². The Morgan fingerprint density at radius 2 is 1.86 bits per heavy atom. The highest BCUT2D eigenvalue weighted by atomic mass is 35.5. The van der Waals surface area contributed by atoms with Crippen LogP contribution in [0.4, 0.5) is 0 Å². The van der Waals surface area contributed by atoms with Gasteiger partial charge in [0.1, 0.15) is 0 Å². The number of ether oxygens (including phenoxy) is 2. The van der Waals surface area contributed by atoms with Crippen molar-refractivity contribution in [3.63, 3.8) is 0 Å². The van der Waals surface area contributed by atoms with E-state index in [-0.39, 0.29) is 36.6 Å². The second-order valence-corrected chi connectivity index (χ2v) is 9.94. The molecule has 2 fully saturated rings. The molecule has 0 radical (unpaired) electrons. The summed E-state index contributed by atoms with van der Waals surface area (Å²) in [6.07, 6.45) is 6.09. The zero-order chi connectivity index (χ0) is 25.9. The van der Waals surface area contributed by atoms with Crippen LogP contribution in [0.15, 0.2) is 18.2 Å². The van der Waals surface area contributed by atoms with Crippen LogP contribution in [0.2, 0.25) is 0 Å². The van der Waals surface area contributed by atoms with Crippen molar-refractivity contribution in [2.24, 2.45) is 11.8 Å². The lowest BCUT2D eigenvalue weighted by Crippen LogP contribution is -2.48. The summed E-state index contributed by atoms with van der Waals surface area (Å²) in [5.41, 5.74) is 0.973. The van der Waals surface area contributed by atoms with Crippen LogP contribution in [0.5, 0.6) is 11.5 Å². The first-order valence-electron chi connectivity index (χ1n) is 13.1. The second kappa shape index (κ2) is 15.7. The highest BCUT2D eigenvalue weighted by molar-refractivity contribution is 5.85. The number of aliphatic carboxylic acids is 1. The number of carboxylic acids is 1. The Kier molecular flexibility index (Phi) is 13.0. The lowest BCUT2D eigenvalue weighted by atomic mass is 9.92. The summed E-state index contributed by atoms with van der Waals surface area (Å²) >= 11 is 0. The van der Waals surface area contributed by atoms with Gasteiger partial charge in [-0.05, 0) is 81.6 Å². The summed E-state index contributed by atoms with van der Waals surface area (Å²) in [5, 5.41) is 15.7. The molecule has 2 heterocycles. The van der Waals surface area contributed by atoms with Crippen LogP contribution in [-0.2, 0) is 20.8 Å². The maximum absolute atomic E-state index is 13.1. The van der Waals surface area contributed by atoms with E-state index >= 15 is 0 Å². The van der Waals surface area contributed by atoms with Crippen LogP contribution in [0.3, 0.4) is 0 Å². The van der Waals surface area contributed by atoms with E-state index in [9.17, 15) is 19.5 Å². The number of carbonyl (C=O) groups is 3. The summed E-state index contributed by atoms with van der Waals surface area (Å²) in [6.45, 7) is 3.14. The van der Waals surface area contributed by atoms with E-state index in [0.29, 0.717) is 56.2 Å². The minimum atomic E-state index is -0.953. The summed E-state index contributed by atoms with van der Waals surface area (Å²) in [5.74, 6) is 0.544. The van der Waals surface area contributed by atoms with Crippen molar-refractivity contribution in [3.05, 3.63) is 23.8 Å². The highest BCUT2D eigenvalue weighted by Gasteiger charge is 2.30. The number of carbonyl (C=O) groups excluding carboxylic acids is 2. The SMILES string of the molecule is COc1ccc(CC[C@H](CC(=O)O)NC(=O)[C@@H]2CCCN(C(=O)CCC3CCNCC3)C2)cc1OC.Cl. The van der Waals surface area contributed by atoms with E-state index < -0.39 is 12.0 Å². The molecule has 2 atom stereocenters. The average Bonchev–Trinajstić information content (AvgIpc) is 2.90. The van der Waals surface area contributed by atoms with E-state index in [2.05, 4.69) is 10.6 Å². The molecule has 9 nitrogen and oxygen atoms in total. The van der Waals surface area contributed by atoms with Gasteiger partial charge in [-0.2, -0.15) is 0 Å². The Balaban J connectivity index is 0.00000481. The fourth-order valence-corrected chi connectivity index (χ4v) is 5.21. The first-order chi connectivity index (χ1) is 17.4. The number of nitrogens with zero attached hydrogens (tertiary/aromatic N) is 1. The minimum Gasteiger partial charge on any atom is -0.493 e. The molecule has 0 aromatic heterocycles. The van der Waals surface area contributed by atoms with Gasteiger partial charge in [0.2, 0.25) is 11.8 Å². The van der Waals surface area contributed by atoms with Gasteiger partial charge in [-0.3, -0.25) is 14.4 Å². The third kappa shape index (κ3) is 9.70. The first kappa shape index (κ1) is 30.7. The minimum absolute atomic E-state index is 0. The predicted octanol–water partition coefficient (Wildman–Crippen LogP) is 3.04. The molecule has 0 unspecified atom stereocenters. The molecular weight excluding hydrogens is 498 g/mol. The van der Waals surface area contributed by atoms with Crippen LogP contribution >= 0.6 is 12.4 Å². The average molecular weight is 540 g/mol. The molecular formula is C27H42ClN3O6. The summed E-state index contributed by atoms with van der Waals surface area (Å²) in [6, 6.07) is 5.11. The second-order valence-electron chi connectivity index (χ2n) is 9.94. The zero-order valence-electron chi connectivity index (χ0n) is 22.0. The smallest absolute Gasteiger partial charge is 0.305 e. The molecule has 10 heteroatoms. The number of amides is 2. The third-order valence-electron chi connectivity index (χ3n) is 7.37. The molecule has 2 saturated heterocycles. The van der Waals surface area contributed by atoms with Crippen molar-refractivity contribution in [1.82, 2.24) is 15.5 Å². The Bertz CT molecular complexity index is 893. The molecule has 2 aliphatic heterocycles. The summed E-state index contributed by atoms with van der Waals surface area (Å²) in [7, 11) is 3.14. The van der Waals surface area contributed by atoms with Gasteiger partial charge in [-0.15, -0.1) is 12.4 Å². The van der Waals surface area contributed by atoms with E-state index in [1.807, 2.05) is 23.1 Å².